The zero-order valence-electron chi connectivity index (χ0n) is 13.6. The number of rotatable bonds is 3. The number of hydrogen-bond acceptors (Lipinski definition) is 2. The van der Waals surface area contributed by atoms with E-state index in [1.54, 1.807) is 0 Å². The molecule has 0 bridgehead atoms. The van der Waals surface area contributed by atoms with Crippen LogP contribution in [0.5, 0.6) is 0 Å². The van der Waals surface area contributed by atoms with E-state index in [1.165, 1.54) is 0 Å². The molecule has 154 valence electrons. The van der Waals surface area contributed by atoms with E-state index in [1.807, 2.05) is 0 Å². The fraction of sp³-hybridized carbons (Fsp3) is 0.375. The fourth-order valence-corrected chi connectivity index (χ4v) is 3.93. The first-order chi connectivity index (χ1) is 12.8. The molecule has 0 spiro atoms. The summed E-state index contributed by atoms with van der Waals surface area (Å²) in [5.41, 5.74) is -2.92. The van der Waals surface area contributed by atoms with Crippen molar-refractivity contribution < 1.29 is 44.8 Å². The van der Waals surface area contributed by atoms with E-state index < -0.39 is 69.8 Å². The van der Waals surface area contributed by atoms with Crippen molar-refractivity contribution in [2.45, 2.75) is 41.7 Å². The lowest BCUT2D eigenvalue weighted by atomic mass is 9.91. The number of fused-ring (bicyclic) bond motifs is 1. The minimum absolute atomic E-state index is 0.192. The zero-order chi connectivity index (χ0) is 21.0. The molecule has 3 rings (SSSR count). The van der Waals surface area contributed by atoms with E-state index in [0.717, 1.165) is 10.6 Å². The molecule has 0 saturated carbocycles. The molecular formula is C16H11F8NO2S. The fourth-order valence-electron chi connectivity index (χ4n) is 3.08. The maximum atomic E-state index is 13.9. The Labute approximate surface area is 155 Å². The molecule has 1 N–H and O–H groups in total. The van der Waals surface area contributed by atoms with Crippen LogP contribution in [0, 0.1) is 5.82 Å². The van der Waals surface area contributed by atoms with Crippen LogP contribution in [0.3, 0.4) is 0 Å². The first-order valence-corrected chi connectivity index (χ1v) is 8.91. The van der Waals surface area contributed by atoms with Gasteiger partial charge in [0.15, 0.2) is 4.90 Å². The number of benzene rings is 1. The monoisotopic (exact) mass is 433 g/mol. The molecule has 28 heavy (non-hydrogen) atoms. The third-order valence-corrected chi connectivity index (χ3v) is 5.48. The van der Waals surface area contributed by atoms with E-state index in [9.17, 15) is 44.8 Å². The van der Waals surface area contributed by atoms with Gasteiger partial charge in [0.2, 0.25) is 0 Å². The van der Waals surface area contributed by atoms with Gasteiger partial charge in [0.25, 0.3) is 5.92 Å². The van der Waals surface area contributed by atoms with Crippen molar-refractivity contribution >= 4 is 11.2 Å². The standard InChI is InChI=1S/C16H11F8NO2S/c17-9-2-1-7(5-8(9)16(22,23)24)25-6-11(28(27)14(18)19)12-10(25)3-4-15(20,21)13(12)26/h1-2,5-6,13-14,26H,3-4H2/t13?,28-/m1/s1. The lowest BCUT2D eigenvalue weighted by Gasteiger charge is -2.29. The Morgan fingerprint density at radius 1 is 1.25 bits per heavy atom. The molecule has 1 aliphatic carbocycles. The molecule has 1 heterocycles. The van der Waals surface area contributed by atoms with Crippen molar-refractivity contribution in [1.29, 1.82) is 0 Å². The summed E-state index contributed by atoms with van der Waals surface area (Å²) in [6.07, 6.45) is -8.30. The molecule has 0 radical (unpaired) electrons. The first-order valence-electron chi connectivity index (χ1n) is 7.70. The topological polar surface area (TPSA) is 48.2 Å². The average molecular weight is 433 g/mol. The highest BCUT2D eigenvalue weighted by Gasteiger charge is 2.49. The average Bonchev–Trinajstić information content (AvgIpc) is 2.97. The van der Waals surface area contributed by atoms with Crippen LogP contribution < -0.4 is 0 Å². The van der Waals surface area contributed by atoms with E-state index in [2.05, 4.69) is 0 Å². The normalized spacial score (nSPS) is 20.3. The molecule has 0 aliphatic heterocycles. The number of aliphatic hydroxyl groups is 1. The van der Waals surface area contributed by atoms with E-state index in [0.29, 0.717) is 18.3 Å². The van der Waals surface area contributed by atoms with Crippen LogP contribution in [-0.2, 0) is 23.8 Å². The summed E-state index contributed by atoms with van der Waals surface area (Å²) in [6.45, 7) is 0. The van der Waals surface area contributed by atoms with Gasteiger partial charge in [-0.3, -0.25) is 0 Å². The summed E-state index contributed by atoms with van der Waals surface area (Å²) < 4.78 is 119. The van der Waals surface area contributed by atoms with E-state index >= 15 is 0 Å². The molecule has 1 aliphatic rings. The van der Waals surface area contributed by atoms with Gasteiger partial charge in [-0.2, -0.15) is 22.0 Å². The maximum absolute atomic E-state index is 13.9. The summed E-state index contributed by atoms with van der Waals surface area (Å²) in [5.74, 6) is -8.75. The van der Waals surface area contributed by atoms with Crippen LogP contribution in [0.2, 0.25) is 0 Å². The quantitative estimate of drug-likeness (QED) is 0.569. The van der Waals surface area contributed by atoms with E-state index in [4.69, 9.17) is 0 Å². The van der Waals surface area contributed by atoms with Crippen LogP contribution in [-0.4, -0.2) is 25.9 Å². The zero-order valence-corrected chi connectivity index (χ0v) is 14.4. The highest BCUT2D eigenvalue weighted by atomic mass is 32.2. The molecule has 0 saturated heterocycles. The predicted octanol–water partition coefficient (Wildman–Crippen LogP) is 4.58. The Bertz CT molecular complexity index is 895. The van der Waals surface area contributed by atoms with Gasteiger partial charge in [-0.15, -0.1) is 0 Å². The smallest absolute Gasteiger partial charge is 0.419 e. The van der Waals surface area contributed by atoms with Gasteiger partial charge in [0.05, 0.1) is 28.5 Å². The molecule has 0 fully saturated rings. The Morgan fingerprint density at radius 3 is 2.46 bits per heavy atom. The molecule has 1 unspecified atom stereocenters. The largest absolute Gasteiger partial charge is 0.607 e. The van der Waals surface area contributed by atoms with Crippen LogP contribution in [0.4, 0.5) is 35.1 Å². The SMILES string of the molecule is [O-][S@+](c1cn(-c2ccc(F)c(C(F)(F)F)c2)c2c1C(O)C(F)(F)CC2)C(F)F. The Hall–Kier alpha value is -1.79. The lowest BCUT2D eigenvalue weighted by Crippen LogP contribution is -2.33. The van der Waals surface area contributed by atoms with Gasteiger partial charge in [0.1, 0.15) is 11.9 Å². The summed E-state index contributed by atoms with van der Waals surface area (Å²) >= 11 is -3.10. The van der Waals surface area contributed by atoms with Gasteiger partial charge < -0.3 is 14.2 Å². The second-order valence-electron chi connectivity index (χ2n) is 6.11. The summed E-state index contributed by atoms with van der Waals surface area (Å²) in [5, 5.41) is 9.91. The number of halogens is 8. The summed E-state index contributed by atoms with van der Waals surface area (Å²) in [7, 11) is 0. The van der Waals surface area contributed by atoms with Gasteiger partial charge in [-0.1, -0.05) is 0 Å². The number of hydrogen-bond donors (Lipinski definition) is 1. The van der Waals surface area contributed by atoms with Crippen molar-refractivity contribution in [2.75, 3.05) is 0 Å². The molecule has 1 aromatic heterocycles. The summed E-state index contributed by atoms with van der Waals surface area (Å²) in [6, 6.07) is 1.75. The van der Waals surface area contributed by atoms with Gasteiger partial charge in [-0.25, -0.2) is 13.2 Å². The van der Waals surface area contributed by atoms with Gasteiger partial charge >= 0.3 is 11.9 Å². The van der Waals surface area contributed by atoms with Crippen molar-refractivity contribution in [3.8, 4) is 5.69 Å². The predicted molar refractivity (Wildman–Crippen MR) is 81.4 cm³/mol. The number of aliphatic hydroxyl groups excluding tert-OH is 1. The first kappa shape index (κ1) is 20.9. The Morgan fingerprint density at radius 2 is 1.89 bits per heavy atom. The van der Waals surface area contributed by atoms with Crippen LogP contribution in [0.1, 0.15) is 29.3 Å². The molecular weight excluding hydrogens is 422 g/mol. The second kappa shape index (κ2) is 6.92. The molecule has 0 amide bonds. The van der Waals surface area contributed by atoms with Crippen LogP contribution in [0.15, 0.2) is 29.3 Å². The second-order valence-corrected chi connectivity index (χ2v) is 7.50. The minimum atomic E-state index is -5.06. The van der Waals surface area contributed by atoms with Crippen molar-refractivity contribution in [2.24, 2.45) is 0 Å². The van der Waals surface area contributed by atoms with Crippen LogP contribution in [0.25, 0.3) is 5.69 Å². The van der Waals surface area contributed by atoms with Crippen LogP contribution >= 0.6 is 0 Å². The van der Waals surface area contributed by atoms with Crippen molar-refractivity contribution in [3.63, 3.8) is 0 Å². The van der Waals surface area contributed by atoms with Gasteiger partial charge in [-0.05, 0) is 24.6 Å². The highest BCUT2D eigenvalue weighted by Crippen LogP contribution is 2.46. The molecule has 12 heteroatoms. The highest BCUT2D eigenvalue weighted by molar-refractivity contribution is 7.91. The maximum Gasteiger partial charge on any atom is 0.419 e. The summed E-state index contributed by atoms with van der Waals surface area (Å²) in [4.78, 5) is -0.810. The van der Waals surface area contributed by atoms with Crippen molar-refractivity contribution in [1.82, 2.24) is 4.57 Å². The number of aromatic nitrogens is 1. The number of alkyl halides is 7. The molecule has 3 nitrogen and oxygen atoms in total. The molecule has 2 aromatic rings. The molecule has 2 atom stereocenters. The number of nitrogens with zero attached hydrogens (tertiary/aromatic N) is 1. The van der Waals surface area contributed by atoms with Gasteiger partial charge in [0, 0.05) is 17.8 Å². The lowest BCUT2D eigenvalue weighted by molar-refractivity contribution is -0.140. The van der Waals surface area contributed by atoms with E-state index in [-0.39, 0.29) is 11.4 Å². The van der Waals surface area contributed by atoms with Crippen molar-refractivity contribution in [3.05, 3.63) is 47.0 Å². The third-order valence-electron chi connectivity index (χ3n) is 4.39. The minimum Gasteiger partial charge on any atom is -0.607 e. The third kappa shape index (κ3) is 3.48. The Kier molecular flexibility index (Phi) is 5.17. The molecule has 1 aromatic carbocycles. The Balaban J connectivity index is 2.23.